The second-order valence-electron chi connectivity index (χ2n) is 11.0. The van der Waals surface area contributed by atoms with Crippen LogP contribution in [0.1, 0.15) is 68.6 Å². The molecule has 1 heterocycles. The number of thiophene rings is 1. The smallest absolute Gasteiger partial charge is 0.0391 e. The van der Waals surface area contributed by atoms with Crippen molar-refractivity contribution >= 4 is 42.9 Å². The molecule has 0 radical (unpaired) electrons. The van der Waals surface area contributed by atoms with E-state index in [0.29, 0.717) is 0 Å². The Balaban J connectivity index is 1.22. The van der Waals surface area contributed by atoms with Crippen LogP contribution >= 0.6 is 11.3 Å². The van der Waals surface area contributed by atoms with E-state index in [1.54, 1.807) is 5.56 Å². The Labute approximate surface area is 211 Å². The van der Waals surface area contributed by atoms with Gasteiger partial charge < -0.3 is 5.32 Å². The monoisotopic (exact) mass is 473 g/mol. The highest BCUT2D eigenvalue weighted by molar-refractivity contribution is 7.25. The van der Waals surface area contributed by atoms with Gasteiger partial charge in [-0.3, -0.25) is 0 Å². The zero-order chi connectivity index (χ0) is 23.6. The molecule has 0 spiro atoms. The quantitative estimate of drug-likeness (QED) is 0.275. The highest BCUT2D eigenvalue weighted by Crippen LogP contribution is 2.49. The molecule has 2 aliphatic carbocycles. The first-order chi connectivity index (χ1) is 17.1. The summed E-state index contributed by atoms with van der Waals surface area (Å²) < 4.78 is 2.80. The van der Waals surface area contributed by atoms with Gasteiger partial charge in [0.2, 0.25) is 0 Å². The van der Waals surface area contributed by atoms with Crippen LogP contribution in [0, 0.1) is 0 Å². The molecule has 2 heteroatoms. The fourth-order valence-corrected chi connectivity index (χ4v) is 7.64. The van der Waals surface area contributed by atoms with Gasteiger partial charge in [0.25, 0.3) is 0 Å². The summed E-state index contributed by atoms with van der Waals surface area (Å²) >= 11 is 1.94. The molecule has 0 amide bonds. The molecule has 5 aromatic rings. The summed E-state index contributed by atoms with van der Waals surface area (Å²) in [7, 11) is 0. The normalized spacial score (nSPS) is 17.0. The number of nitrogens with one attached hydrogen (secondary N) is 1. The van der Waals surface area contributed by atoms with Crippen molar-refractivity contribution in [1.29, 1.82) is 0 Å². The van der Waals surface area contributed by atoms with Gasteiger partial charge in [-0.05, 0) is 83.0 Å². The minimum Gasteiger partial charge on any atom is -0.355 e. The maximum absolute atomic E-state index is 3.71. The zero-order valence-electron chi connectivity index (χ0n) is 20.5. The highest BCUT2D eigenvalue weighted by atomic mass is 32.1. The Morgan fingerprint density at radius 2 is 1.46 bits per heavy atom. The first-order valence-corrected chi connectivity index (χ1v) is 13.9. The van der Waals surface area contributed by atoms with E-state index in [1.165, 1.54) is 74.5 Å². The minimum atomic E-state index is 0.0210. The summed E-state index contributed by atoms with van der Waals surface area (Å²) in [5.41, 5.74) is 9.44. The van der Waals surface area contributed by atoms with Gasteiger partial charge in [0.1, 0.15) is 0 Å². The van der Waals surface area contributed by atoms with Crippen LogP contribution in [0.4, 0.5) is 11.4 Å². The van der Waals surface area contributed by atoms with Crippen LogP contribution in [0.25, 0.3) is 31.3 Å². The Bertz CT molecular complexity index is 1580. The molecule has 0 aliphatic heterocycles. The van der Waals surface area contributed by atoms with Crippen molar-refractivity contribution in [2.75, 3.05) is 5.32 Å². The molecule has 1 fully saturated rings. The molecule has 1 N–H and O–H groups in total. The van der Waals surface area contributed by atoms with Crippen molar-refractivity contribution in [3.05, 3.63) is 95.6 Å². The molecule has 174 valence electrons. The Morgan fingerprint density at radius 1 is 0.686 bits per heavy atom. The fraction of sp³-hybridized carbons (Fsp3) is 0.273. The van der Waals surface area contributed by atoms with E-state index in [1.807, 2.05) is 11.3 Å². The van der Waals surface area contributed by atoms with Gasteiger partial charge in [-0.2, -0.15) is 0 Å². The van der Waals surface area contributed by atoms with Crippen molar-refractivity contribution in [2.45, 2.75) is 57.3 Å². The van der Waals surface area contributed by atoms with Gasteiger partial charge in [-0.25, -0.2) is 0 Å². The van der Waals surface area contributed by atoms with Crippen LogP contribution in [0.5, 0.6) is 0 Å². The maximum Gasteiger partial charge on any atom is 0.0391 e. The molecule has 4 aromatic carbocycles. The summed E-state index contributed by atoms with van der Waals surface area (Å²) in [5.74, 6) is 0.755. The molecule has 0 atom stereocenters. The number of hydrogen-bond donors (Lipinski definition) is 1. The fourth-order valence-electron chi connectivity index (χ4n) is 6.51. The van der Waals surface area contributed by atoms with Gasteiger partial charge in [0, 0.05) is 37.0 Å². The van der Waals surface area contributed by atoms with E-state index >= 15 is 0 Å². The van der Waals surface area contributed by atoms with Gasteiger partial charge in [-0.15, -0.1) is 11.3 Å². The van der Waals surface area contributed by atoms with Gasteiger partial charge in [0.05, 0.1) is 0 Å². The lowest BCUT2D eigenvalue weighted by Gasteiger charge is -2.22. The average molecular weight is 474 g/mol. The summed E-state index contributed by atoms with van der Waals surface area (Å²) in [6.45, 7) is 4.68. The Morgan fingerprint density at radius 3 is 2.34 bits per heavy atom. The van der Waals surface area contributed by atoms with Crippen LogP contribution in [0.3, 0.4) is 0 Å². The number of benzene rings is 4. The molecular formula is C33H31NS. The summed E-state index contributed by atoms with van der Waals surface area (Å²) in [5, 5.41) is 6.46. The lowest BCUT2D eigenvalue weighted by Crippen LogP contribution is -2.15. The van der Waals surface area contributed by atoms with Crippen LogP contribution < -0.4 is 5.32 Å². The zero-order valence-corrected chi connectivity index (χ0v) is 21.3. The van der Waals surface area contributed by atoms with Crippen molar-refractivity contribution < 1.29 is 0 Å². The van der Waals surface area contributed by atoms with Crippen LogP contribution in [0.15, 0.2) is 78.9 Å². The van der Waals surface area contributed by atoms with Crippen molar-refractivity contribution in [3.63, 3.8) is 0 Å². The van der Waals surface area contributed by atoms with E-state index in [-0.39, 0.29) is 5.41 Å². The van der Waals surface area contributed by atoms with Gasteiger partial charge in [-0.1, -0.05) is 75.6 Å². The number of anilines is 2. The molecule has 0 saturated heterocycles. The molecular weight excluding hydrogens is 442 g/mol. The van der Waals surface area contributed by atoms with Crippen molar-refractivity contribution in [1.82, 2.24) is 0 Å². The molecule has 1 saturated carbocycles. The van der Waals surface area contributed by atoms with Crippen LogP contribution in [-0.2, 0) is 5.41 Å². The predicted molar refractivity (Wildman–Crippen MR) is 152 cm³/mol. The maximum atomic E-state index is 3.71. The standard InChI is InChI=1S/C33H31NS/c1-33(2)29-11-7-6-10-25(29)26-16-13-24(20-30(26)33)34-23-14-17-31-28(19-23)27-15-12-22(18-32(27)35-31)21-8-4-3-5-9-21/h6-7,10-21,34H,3-5,8-9H2,1-2H3. The molecule has 1 aromatic heterocycles. The number of rotatable bonds is 3. The van der Waals surface area contributed by atoms with E-state index in [2.05, 4.69) is 98.0 Å². The molecule has 35 heavy (non-hydrogen) atoms. The number of hydrogen-bond acceptors (Lipinski definition) is 2. The highest BCUT2D eigenvalue weighted by Gasteiger charge is 2.35. The van der Waals surface area contributed by atoms with Crippen molar-refractivity contribution in [2.24, 2.45) is 0 Å². The lowest BCUT2D eigenvalue weighted by molar-refractivity contribution is 0.444. The summed E-state index contributed by atoms with van der Waals surface area (Å²) in [6, 6.07) is 29.8. The van der Waals surface area contributed by atoms with E-state index in [4.69, 9.17) is 0 Å². The molecule has 0 bridgehead atoms. The minimum absolute atomic E-state index is 0.0210. The van der Waals surface area contributed by atoms with E-state index < -0.39 is 0 Å². The second kappa shape index (κ2) is 7.96. The third-order valence-corrected chi connectivity index (χ3v) is 9.58. The molecule has 7 rings (SSSR count). The predicted octanol–water partition coefficient (Wildman–Crippen LogP) is 10.2. The largest absolute Gasteiger partial charge is 0.355 e. The molecule has 2 aliphatic rings. The van der Waals surface area contributed by atoms with Gasteiger partial charge in [0.15, 0.2) is 0 Å². The Kier molecular flexibility index (Phi) is 4.82. The van der Waals surface area contributed by atoms with Crippen molar-refractivity contribution in [3.8, 4) is 11.1 Å². The topological polar surface area (TPSA) is 12.0 Å². The lowest BCUT2D eigenvalue weighted by atomic mass is 9.82. The molecule has 0 unspecified atom stereocenters. The van der Waals surface area contributed by atoms with Gasteiger partial charge >= 0.3 is 0 Å². The van der Waals surface area contributed by atoms with E-state index in [0.717, 1.165) is 17.3 Å². The first kappa shape index (κ1) is 21.2. The SMILES string of the molecule is CC1(C)c2ccccc2-c2ccc(Nc3ccc4sc5cc(C6CCCCC6)ccc5c4c3)cc21. The summed E-state index contributed by atoms with van der Waals surface area (Å²) in [6.07, 6.45) is 6.89. The number of fused-ring (bicyclic) bond motifs is 6. The van der Waals surface area contributed by atoms with Crippen LogP contribution in [0.2, 0.25) is 0 Å². The Hall–Kier alpha value is -3.10. The van der Waals surface area contributed by atoms with E-state index in [9.17, 15) is 0 Å². The first-order valence-electron chi connectivity index (χ1n) is 13.1. The molecule has 1 nitrogen and oxygen atoms in total. The third-order valence-electron chi connectivity index (χ3n) is 8.44. The average Bonchev–Trinajstić information content (AvgIpc) is 3.36. The third kappa shape index (κ3) is 3.42. The second-order valence-corrected chi connectivity index (χ2v) is 12.0. The summed E-state index contributed by atoms with van der Waals surface area (Å²) in [4.78, 5) is 0. The van der Waals surface area contributed by atoms with Crippen LogP contribution in [-0.4, -0.2) is 0 Å².